The summed E-state index contributed by atoms with van der Waals surface area (Å²) in [5.74, 6) is 1.61. The van der Waals surface area contributed by atoms with Crippen LogP contribution in [0.3, 0.4) is 0 Å². The molecule has 0 heterocycles. The van der Waals surface area contributed by atoms with Crippen LogP contribution in [-0.4, -0.2) is 17.9 Å². The van der Waals surface area contributed by atoms with Crippen LogP contribution in [0.4, 0.5) is 0 Å². The number of Topliss-reactive ketones (excluding diaryl/α,β-unsaturated/α-hetero) is 1. The van der Waals surface area contributed by atoms with Crippen LogP contribution in [0.2, 0.25) is 0 Å². The van der Waals surface area contributed by atoms with Gasteiger partial charge in [0.1, 0.15) is 6.10 Å². The number of ketones is 1. The van der Waals surface area contributed by atoms with E-state index in [1.807, 2.05) is 19.1 Å². The lowest BCUT2D eigenvalue weighted by Gasteiger charge is -2.50. The van der Waals surface area contributed by atoms with Gasteiger partial charge in [0.2, 0.25) is 0 Å². The minimum atomic E-state index is -0.0888. The summed E-state index contributed by atoms with van der Waals surface area (Å²) < 4.78 is 5.79. The van der Waals surface area contributed by atoms with E-state index < -0.39 is 0 Å². The first-order valence-corrected chi connectivity index (χ1v) is 9.36. The first-order valence-electron chi connectivity index (χ1n) is 9.36. The Morgan fingerprint density at radius 3 is 2.83 bits per heavy atom. The van der Waals surface area contributed by atoms with Crippen LogP contribution in [-0.2, 0) is 9.53 Å². The fourth-order valence-corrected chi connectivity index (χ4v) is 5.74. The molecule has 0 amide bonds. The summed E-state index contributed by atoms with van der Waals surface area (Å²) >= 11 is 0. The van der Waals surface area contributed by atoms with Gasteiger partial charge in [0.25, 0.3) is 0 Å². The van der Waals surface area contributed by atoms with Gasteiger partial charge in [-0.05, 0) is 49.0 Å². The van der Waals surface area contributed by atoms with E-state index in [4.69, 9.17) is 4.74 Å². The normalized spacial score (nSPS) is 37.3. The minimum Gasteiger partial charge on any atom is -0.462 e. The number of carbonyl (C=O) groups excluding carboxylic acids is 2. The van der Waals surface area contributed by atoms with E-state index >= 15 is 0 Å². The summed E-state index contributed by atoms with van der Waals surface area (Å²) in [5, 5.41) is 0. The predicted molar refractivity (Wildman–Crippen MR) is 91.9 cm³/mol. The van der Waals surface area contributed by atoms with E-state index in [-0.39, 0.29) is 17.5 Å². The van der Waals surface area contributed by atoms with Gasteiger partial charge in [0, 0.05) is 23.8 Å². The first-order chi connectivity index (χ1) is 11.5. The molecule has 3 heteroatoms. The van der Waals surface area contributed by atoms with Crippen molar-refractivity contribution >= 4 is 11.8 Å². The molecule has 0 aromatic heterocycles. The lowest BCUT2D eigenvalue weighted by molar-refractivity contribution is -0.157. The smallest absolute Gasteiger partial charge is 0.305 e. The molecule has 0 saturated heterocycles. The van der Waals surface area contributed by atoms with Gasteiger partial charge >= 0.3 is 5.97 Å². The molecule has 0 radical (unpaired) electrons. The van der Waals surface area contributed by atoms with Crippen molar-refractivity contribution in [2.75, 3.05) is 0 Å². The largest absolute Gasteiger partial charge is 0.462 e. The maximum absolute atomic E-state index is 12.7. The molecule has 24 heavy (non-hydrogen) atoms. The van der Waals surface area contributed by atoms with Crippen molar-refractivity contribution in [3.63, 3.8) is 0 Å². The van der Waals surface area contributed by atoms with Crippen LogP contribution in [0.25, 0.3) is 0 Å². The zero-order valence-electron chi connectivity index (χ0n) is 14.6. The van der Waals surface area contributed by atoms with E-state index in [0.717, 1.165) is 31.2 Å². The van der Waals surface area contributed by atoms with Crippen LogP contribution in [0.5, 0.6) is 0 Å². The molecule has 0 aliphatic heterocycles. The van der Waals surface area contributed by atoms with E-state index in [1.165, 1.54) is 5.56 Å². The van der Waals surface area contributed by atoms with Crippen molar-refractivity contribution in [3.05, 3.63) is 35.4 Å². The van der Waals surface area contributed by atoms with Gasteiger partial charge in [0.15, 0.2) is 5.78 Å². The number of rotatable bonds is 2. The standard InChI is InChI=1S/C21H26O3/c1-3-20(23)24-19-9-8-17-16-12-18(22)15-7-5-4-6-13(15)14(16)10-11-21(17,19)2/h4-7,14,16-17,19H,3,8-12H2,1-2H3/t14-,16-,17+,19+,21+/m1/s1. The average Bonchev–Trinajstić information content (AvgIpc) is 2.92. The van der Waals surface area contributed by atoms with Gasteiger partial charge in [-0.15, -0.1) is 0 Å². The summed E-state index contributed by atoms with van der Waals surface area (Å²) in [4.78, 5) is 24.5. The number of hydrogen-bond acceptors (Lipinski definition) is 3. The summed E-state index contributed by atoms with van der Waals surface area (Å²) in [5.41, 5.74) is 2.24. The molecule has 4 rings (SSSR count). The van der Waals surface area contributed by atoms with E-state index in [2.05, 4.69) is 19.1 Å². The molecule has 3 aliphatic rings. The Balaban J connectivity index is 1.64. The van der Waals surface area contributed by atoms with Crippen molar-refractivity contribution < 1.29 is 14.3 Å². The first kappa shape index (κ1) is 15.9. The van der Waals surface area contributed by atoms with Gasteiger partial charge in [-0.1, -0.05) is 38.1 Å². The van der Waals surface area contributed by atoms with Crippen LogP contribution < -0.4 is 0 Å². The third-order valence-corrected chi connectivity index (χ3v) is 6.99. The molecule has 1 aromatic carbocycles. The summed E-state index contributed by atoms with van der Waals surface area (Å²) in [7, 11) is 0. The zero-order chi connectivity index (χ0) is 16.9. The molecule has 1 aromatic rings. The Labute approximate surface area is 143 Å². The molecule has 0 unspecified atom stereocenters. The molecular weight excluding hydrogens is 300 g/mol. The quantitative estimate of drug-likeness (QED) is 0.751. The number of ether oxygens (including phenoxy) is 1. The second-order valence-corrected chi connectivity index (χ2v) is 8.05. The van der Waals surface area contributed by atoms with Crippen molar-refractivity contribution in [2.24, 2.45) is 17.3 Å². The Kier molecular flexibility index (Phi) is 3.78. The predicted octanol–water partition coefficient (Wildman–Crippen LogP) is 4.50. The van der Waals surface area contributed by atoms with Gasteiger partial charge in [-0.25, -0.2) is 0 Å². The topological polar surface area (TPSA) is 43.4 Å². The molecule has 2 saturated carbocycles. The molecule has 5 atom stereocenters. The second-order valence-electron chi connectivity index (χ2n) is 8.05. The average molecular weight is 326 g/mol. The van der Waals surface area contributed by atoms with Crippen molar-refractivity contribution in [3.8, 4) is 0 Å². The fraction of sp³-hybridized carbons (Fsp3) is 0.619. The Hall–Kier alpha value is -1.64. The van der Waals surface area contributed by atoms with E-state index in [0.29, 0.717) is 36.4 Å². The molecular formula is C21H26O3. The molecule has 0 spiro atoms. The number of esters is 1. The SMILES string of the molecule is CCC(=O)O[C@H]1CC[C@H]2[C@@H]3CC(=O)c4ccccc4[C@H]3CC[C@]12C. The second kappa shape index (κ2) is 5.72. The van der Waals surface area contributed by atoms with Gasteiger partial charge in [0.05, 0.1) is 0 Å². The highest BCUT2D eigenvalue weighted by atomic mass is 16.5. The number of carbonyl (C=O) groups is 2. The highest BCUT2D eigenvalue weighted by Gasteiger charge is 2.56. The third kappa shape index (κ3) is 2.24. The van der Waals surface area contributed by atoms with Crippen molar-refractivity contribution in [1.29, 1.82) is 0 Å². The Bertz CT molecular complexity index is 679. The van der Waals surface area contributed by atoms with Gasteiger partial charge < -0.3 is 4.74 Å². The lowest BCUT2D eigenvalue weighted by Crippen LogP contribution is -2.46. The lowest BCUT2D eigenvalue weighted by atomic mass is 9.55. The summed E-state index contributed by atoms with van der Waals surface area (Å²) in [6.07, 6.45) is 5.35. The third-order valence-electron chi connectivity index (χ3n) is 6.99. The zero-order valence-corrected chi connectivity index (χ0v) is 14.6. The van der Waals surface area contributed by atoms with Crippen LogP contribution in [0, 0.1) is 17.3 Å². The van der Waals surface area contributed by atoms with Crippen LogP contribution >= 0.6 is 0 Å². The number of fused-ring (bicyclic) bond motifs is 5. The fourth-order valence-electron chi connectivity index (χ4n) is 5.74. The summed E-state index contributed by atoms with van der Waals surface area (Å²) in [6.45, 7) is 4.14. The Morgan fingerprint density at radius 2 is 2.04 bits per heavy atom. The molecule has 0 N–H and O–H groups in total. The van der Waals surface area contributed by atoms with E-state index in [9.17, 15) is 9.59 Å². The van der Waals surface area contributed by atoms with Crippen LogP contribution in [0.1, 0.15) is 74.2 Å². The molecule has 2 fully saturated rings. The highest BCUT2D eigenvalue weighted by Crippen LogP contribution is 2.61. The van der Waals surface area contributed by atoms with Gasteiger partial charge in [-0.2, -0.15) is 0 Å². The summed E-state index contributed by atoms with van der Waals surface area (Å²) in [6, 6.07) is 8.17. The van der Waals surface area contributed by atoms with E-state index in [1.54, 1.807) is 0 Å². The molecule has 3 nitrogen and oxygen atoms in total. The molecule has 128 valence electrons. The molecule has 3 aliphatic carbocycles. The maximum Gasteiger partial charge on any atom is 0.305 e. The van der Waals surface area contributed by atoms with Crippen molar-refractivity contribution in [1.82, 2.24) is 0 Å². The van der Waals surface area contributed by atoms with Crippen LogP contribution in [0.15, 0.2) is 24.3 Å². The van der Waals surface area contributed by atoms with Gasteiger partial charge in [-0.3, -0.25) is 9.59 Å². The van der Waals surface area contributed by atoms with Crippen molar-refractivity contribution in [2.45, 2.75) is 64.4 Å². The number of hydrogen-bond donors (Lipinski definition) is 0. The minimum absolute atomic E-state index is 0.0307. The molecule has 0 bridgehead atoms. The maximum atomic E-state index is 12.7. The number of benzene rings is 1. The highest BCUT2D eigenvalue weighted by molar-refractivity contribution is 5.99. The monoisotopic (exact) mass is 326 g/mol. The Morgan fingerprint density at radius 1 is 1.25 bits per heavy atom.